The van der Waals surface area contributed by atoms with Crippen LogP contribution >= 0.6 is 0 Å². The van der Waals surface area contributed by atoms with E-state index in [0.29, 0.717) is 25.4 Å². The average molecular weight is 406 g/mol. The Hall–Kier alpha value is -2.86. The number of amides is 1. The second-order valence-electron chi connectivity index (χ2n) is 8.62. The predicted octanol–water partition coefficient (Wildman–Crippen LogP) is 3.33. The van der Waals surface area contributed by atoms with Crippen molar-refractivity contribution in [1.82, 2.24) is 24.8 Å². The second-order valence-corrected chi connectivity index (χ2v) is 8.62. The third kappa shape index (κ3) is 3.92. The van der Waals surface area contributed by atoms with Crippen molar-refractivity contribution in [2.24, 2.45) is 13.0 Å². The second kappa shape index (κ2) is 8.48. The Balaban J connectivity index is 1.78. The molecular formula is C24H31N5O. The van der Waals surface area contributed by atoms with Gasteiger partial charge in [0.05, 0.1) is 12.6 Å². The monoisotopic (exact) mass is 405 g/mol. The van der Waals surface area contributed by atoms with Crippen LogP contribution in [0.25, 0.3) is 10.9 Å². The zero-order valence-corrected chi connectivity index (χ0v) is 18.1. The molecule has 0 bridgehead atoms. The molecule has 0 fully saturated rings. The standard InChI is InChI=1S/C24H31N5O/c1-5-9-26-24(30)20-13-17-14-29(15-22-25-10-11-28(22)4)21-8-6-7-18(23(17)21)19(27-20)12-16(2)3/h5-8,10-11,14,16,19-20,27H,1,9,12-13,15H2,2-4H3,(H,26,30). The summed E-state index contributed by atoms with van der Waals surface area (Å²) >= 11 is 0. The van der Waals surface area contributed by atoms with Crippen LogP contribution in [0.1, 0.15) is 43.3 Å². The molecule has 3 aromatic rings. The first kappa shape index (κ1) is 20.4. The van der Waals surface area contributed by atoms with Crippen LogP contribution in [0.2, 0.25) is 0 Å². The van der Waals surface area contributed by atoms with Crippen LogP contribution in [0, 0.1) is 5.92 Å². The van der Waals surface area contributed by atoms with Crippen LogP contribution < -0.4 is 10.6 Å². The van der Waals surface area contributed by atoms with Gasteiger partial charge in [0.1, 0.15) is 5.82 Å². The highest BCUT2D eigenvalue weighted by Gasteiger charge is 2.30. The van der Waals surface area contributed by atoms with E-state index in [-0.39, 0.29) is 18.0 Å². The van der Waals surface area contributed by atoms with Crippen molar-refractivity contribution in [2.45, 2.75) is 45.3 Å². The molecule has 0 radical (unpaired) electrons. The zero-order valence-electron chi connectivity index (χ0n) is 18.1. The van der Waals surface area contributed by atoms with Crippen LogP contribution in [0.3, 0.4) is 0 Å². The molecule has 2 unspecified atom stereocenters. The van der Waals surface area contributed by atoms with E-state index in [1.807, 2.05) is 19.4 Å². The van der Waals surface area contributed by atoms with Crippen molar-refractivity contribution in [3.63, 3.8) is 0 Å². The minimum absolute atomic E-state index is 0.0291. The highest BCUT2D eigenvalue weighted by molar-refractivity contribution is 5.90. The minimum atomic E-state index is -0.270. The van der Waals surface area contributed by atoms with E-state index < -0.39 is 0 Å². The molecule has 4 rings (SSSR count). The first-order valence-electron chi connectivity index (χ1n) is 10.7. The van der Waals surface area contributed by atoms with Gasteiger partial charge in [0.25, 0.3) is 0 Å². The zero-order chi connectivity index (χ0) is 21.3. The highest BCUT2D eigenvalue weighted by Crippen LogP contribution is 2.36. The van der Waals surface area contributed by atoms with Crippen molar-refractivity contribution in [1.29, 1.82) is 0 Å². The summed E-state index contributed by atoms with van der Waals surface area (Å²) in [4.78, 5) is 17.4. The summed E-state index contributed by atoms with van der Waals surface area (Å²) in [5.74, 6) is 1.56. The van der Waals surface area contributed by atoms with E-state index in [1.165, 1.54) is 22.0 Å². The number of imidazole rings is 1. The van der Waals surface area contributed by atoms with Gasteiger partial charge < -0.3 is 14.5 Å². The maximum Gasteiger partial charge on any atom is 0.237 e. The molecule has 6 heteroatoms. The molecule has 3 heterocycles. The first-order valence-corrected chi connectivity index (χ1v) is 10.7. The Labute approximate surface area is 178 Å². The number of benzene rings is 1. The number of aryl methyl sites for hydroxylation is 1. The Kier molecular flexibility index (Phi) is 5.77. The molecule has 2 atom stereocenters. The summed E-state index contributed by atoms with van der Waals surface area (Å²) in [6, 6.07) is 6.38. The lowest BCUT2D eigenvalue weighted by Gasteiger charge is -2.25. The molecular weight excluding hydrogens is 374 g/mol. The molecule has 0 saturated carbocycles. The van der Waals surface area contributed by atoms with Gasteiger partial charge in [-0.05, 0) is 36.0 Å². The van der Waals surface area contributed by atoms with Crippen LogP contribution in [0.4, 0.5) is 0 Å². The van der Waals surface area contributed by atoms with E-state index in [1.54, 1.807) is 6.08 Å². The topological polar surface area (TPSA) is 63.9 Å². The molecule has 1 amide bonds. The number of aromatic nitrogens is 3. The van der Waals surface area contributed by atoms with Gasteiger partial charge in [-0.3, -0.25) is 10.1 Å². The van der Waals surface area contributed by atoms with Gasteiger partial charge in [0.2, 0.25) is 5.91 Å². The lowest BCUT2D eigenvalue weighted by atomic mass is 9.94. The smallest absolute Gasteiger partial charge is 0.237 e. The van der Waals surface area contributed by atoms with Gasteiger partial charge in [0.15, 0.2) is 0 Å². The third-order valence-electron chi connectivity index (χ3n) is 5.90. The summed E-state index contributed by atoms with van der Waals surface area (Å²) in [5, 5.41) is 7.91. The van der Waals surface area contributed by atoms with Gasteiger partial charge in [-0.2, -0.15) is 0 Å². The maximum atomic E-state index is 12.9. The highest BCUT2D eigenvalue weighted by atomic mass is 16.2. The lowest BCUT2D eigenvalue weighted by molar-refractivity contribution is -0.123. The van der Waals surface area contributed by atoms with Crippen LogP contribution in [0.5, 0.6) is 0 Å². The largest absolute Gasteiger partial charge is 0.351 e. The molecule has 6 nitrogen and oxygen atoms in total. The van der Waals surface area contributed by atoms with E-state index in [4.69, 9.17) is 0 Å². The molecule has 158 valence electrons. The Morgan fingerprint density at radius 3 is 2.97 bits per heavy atom. The fourth-order valence-electron chi connectivity index (χ4n) is 4.49. The van der Waals surface area contributed by atoms with Crippen LogP contribution in [-0.2, 0) is 24.8 Å². The summed E-state index contributed by atoms with van der Waals surface area (Å²) in [7, 11) is 2.02. The molecule has 0 aliphatic carbocycles. The number of rotatable bonds is 7. The van der Waals surface area contributed by atoms with Crippen molar-refractivity contribution in [3.05, 3.63) is 66.4 Å². The van der Waals surface area contributed by atoms with Gasteiger partial charge in [-0.15, -0.1) is 6.58 Å². The molecule has 1 aromatic carbocycles. The Bertz CT molecular complexity index is 1060. The number of hydrogen-bond acceptors (Lipinski definition) is 3. The van der Waals surface area contributed by atoms with Crippen LogP contribution in [-0.4, -0.2) is 32.6 Å². The van der Waals surface area contributed by atoms with Gasteiger partial charge >= 0.3 is 0 Å². The summed E-state index contributed by atoms with van der Waals surface area (Å²) in [6.45, 7) is 9.36. The summed E-state index contributed by atoms with van der Waals surface area (Å²) in [6.07, 6.45) is 9.37. The van der Waals surface area contributed by atoms with Crippen molar-refractivity contribution in [2.75, 3.05) is 6.54 Å². The SMILES string of the molecule is C=CCNC(=O)C1Cc2cn(Cc3nccn3C)c3cccc(c23)C(CC(C)C)N1. The normalized spacial score (nSPS) is 18.5. The molecule has 2 aromatic heterocycles. The molecule has 1 aliphatic heterocycles. The lowest BCUT2D eigenvalue weighted by Crippen LogP contribution is -2.46. The number of nitrogens with zero attached hydrogens (tertiary/aromatic N) is 3. The average Bonchev–Trinajstić information content (AvgIpc) is 3.23. The van der Waals surface area contributed by atoms with E-state index in [2.05, 4.69) is 69.6 Å². The molecule has 2 N–H and O–H groups in total. The van der Waals surface area contributed by atoms with E-state index >= 15 is 0 Å². The fourth-order valence-corrected chi connectivity index (χ4v) is 4.49. The molecule has 0 spiro atoms. The molecule has 30 heavy (non-hydrogen) atoms. The summed E-state index contributed by atoms with van der Waals surface area (Å²) in [5.41, 5.74) is 3.70. The Morgan fingerprint density at radius 1 is 1.43 bits per heavy atom. The summed E-state index contributed by atoms with van der Waals surface area (Å²) < 4.78 is 4.32. The van der Waals surface area contributed by atoms with Crippen molar-refractivity contribution in [3.8, 4) is 0 Å². The predicted molar refractivity (Wildman–Crippen MR) is 120 cm³/mol. The van der Waals surface area contributed by atoms with Crippen LogP contribution in [0.15, 0.2) is 49.4 Å². The number of hydrogen-bond donors (Lipinski definition) is 2. The number of carbonyl (C=O) groups is 1. The fraction of sp³-hybridized carbons (Fsp3) is 0.417. The molecule has 1 aliphatic rings. The maximum absolute atomic E-state index is 12.9. The van der Waals surface area contributed by atoms with Crippen molar-refractivity contribution >= 4 is 16.8 Å². The quantitative estimate of drug-likeness (QED) is 0.593. The molecule has 0 saturated heterocycles. The van der Waals surface area contributed by atoms with Crippen molar-refractivity contribution < 1.29 is 4.79 Å². The van der Waals surface area contributed by atoms with E-state index in [9.17, 15) is 4.79 Å². The van der Waals surface area contributed by atoms with Gasteiger partial charge in [0, 0.05) is 49.1 Å². The van der Waals surface area contributed by atoms with Gasteiger partial charge in [-0.25, -0.2) is 4.98 Å². The van der Waals surface area contributed by atoms with E-state index in [0.717, 1.165) is 12.2 Å². The number of carbonyl (C=O) groups excluding carboxylic acids is 1. The number of nitrogens with one attached hydrogen (secondary N) is 2. The minimum Gasteiger partial charge on any atom is -0.351 e. The third-order valence-corrected chi connectivity index (χ3v) is 5.90. The first-order chi connectivity index (χ1) is 14.5. The van der Waals surface area contributed by atoms with Gasteiger partial charge in [-0.1, -0.05) is 32.1 Å². The Morgan fingerprint density at radius 2 is 2.27 bits per heavy atom.